The van der Waals surface area contributed by atoms with Crippen molar-refractivity contribution in [3.05, 3.63) is 64.2 Å². The van der Waals surface area contributed by atoms with Crippen molar-refractivity contribution in [1.29, 1.82) is 0 Å². The summed E-state index contributed by atoms with van der Waals surface area (Å²) in [6.45, 7) is 0.568. The first-order valence-electron chi connectivity index (χ1n) is 5.89. The lowest BCUT2D eigenvalue weighted by Crippen LogP contribution is -2.18. The molecule has 0 unspecified atom stereocenters. The van der Waals surface area contributed by atoms with Crippen LogP contribution in [0.25, 0.3) is 0 Å². The smallest absolute Gasteiger partial charge is 0.270 e. The zero-order chi connectivity index (χ0) is 13.2. The van der Waals surface area contributed by atoms with Crippen molar-refractivity contribution in [2.24, 2.45) is 4.99 Å². The highest BCUT2D eigenvalue weighted by Crippen LogP contribution is 2.28. The second-order valence-electron chi connectivity index (χ2n) is 4.24. The van der Waals surface area contributed by atoms with E-state index < -0.39 is 4.92 Å². The number of nitrogens with one attached hydrogen (secondary N) is 1. The quantitative estimate of drug-likeness (QED) is 0.660. The lowest BCUT2D eigenvalue weighted by molar-refractivity contribution is -0.384. The summed E-state index contributed by atoms with van der Waals surface area (Å²) in [6, 6.07) is 14.3. The minimum absolute atomic E-state index is 0.0825. The highest BCUT2D eigenvalue weighted by molar-refractivity contribution is 6.07. The van der Waals surface area contributed by atoms with Gasteiger partial charge in [0.25, 0.3) is 5.69 Å². The van der Waals surface area contributed by atoms with Crippen molar-refractivity contribution in [3.8, 4) is 0 Å². The third-order valence-electron chi connectivity index (χ3n) is 3.00. The summed E-state index contributed by atoms with van der Waals surface area (Å²) in [6.07, 6.45) is 0. The Bertz CT molecular complexity index is 680. The zero-order valence-electron chi connectivity index (χ0n) is 10.0. The lowest BCUT2D eigenvalue weighted by Gasteiger charge is -2.17. The Kier molecular flexibility index (Phi) is 2.72. The van der Waals surface area contributed by atoms with Gasteiger partial charge in [0, 0.05) is 17.7 Å². The van der Waals surface area contributed by atoms with E-state index in [1.807, 2.05) is 30.3 Å². The molecule has 0 radical (unpaired) electrons. The summed E-state index contributed by atoms with van der Waals surface area (Å²) < 4.78 is 0. The molecule has 3 rings (SSSR count). The number of nitrogens with zero attached hydrogens (tertiary/aromatic N) is 2. The van der Waals surface area contributed by atoms with Crippen molar-refractivity contribution in [1.82, 2.24) is 0 Å². The van der Waals surface area contributed by atoms with Crippen molar-refractivity contribution >= 4 is 22.8 Å². The Morgan fingerprint density at radius 2 is 2.00 bits per heavy atom. The molecule has 5 heteroatoms. The third-order valence-corrected chi connectivity index (χ3v) is 3.00. The Morgan fingerprint density at radius 1 is 1.16 bits per heavy atom. The molecule has 94 valence electrons. The molecule has 2 aromatic carbocycles. The van der Waals surface area contributed by atoms with E-state index in [1.54, 1.807) is 12.1 Å². The van der Waals surface area contributed by atoms with Crippen LogP contribution in [0.1, 0.15) is 5.56 Å². The van der Waals surface area contributed by atoms with Gasteiger partial charge in [0.05, 0.1) is 28.6 Å². The predicted molar refractivity (Wildman–Crippen MR) is 74.2 cm³/mol. The fourth-order valence-electron chi connectivity index (χ4n) is 2.05. The first-order valence-corrected chi connectivity index (χ1v) is 5.89. The summed E-state index contributed by atoms with van der Waals surface area (Å²) in [5.41, 5.74) is 3.50. The van der Waals surface area contributed by atoms with Gasteiger partial charge in [-0.15, -0.1) is 0 Å². The zero-order valence-corrected chi connectivity index (χ0v) is 10.0. The number of rotatable bonds is 2. The number of para-hydroxylation sites is 2. The lowest BCUT2D eigenvalue weighted by atomic mass is 10.1. The SMILES string of the molecule is O=[N+]([O-])c1cccc(C2=Nc3ccccc3NC2)c1. The van der Waals surface area contributed by atoms with Crippen molar-refractivity contribution in [3.63, 3.8) is 0 Å². The highest BCUT2D eigenvalue weighted by Gasteiger charge is 2.14. The number of non-ortho nitro benzene ring substituents is 1. The van der Waals surface area contributed by atoms with Gasteiger partial charge in [-0.3, -0.25) is 10.1 Å². The molecule has 5 nitrogen and oxygen atoms in total. The fourth-order valence-corrected chi connectivity index (χ4v) is 2.05. The third kappa shape index (κ3) is 2.18. The molecule has 0 fully saturated rings. The average Bonchev–Trinajstić information content (AvgIpc) is 2.47. The molecule has 0 saturated heterocycles. The molecule has 1 heterocycles. The molecule has 0 amide bonds. The number of nitro groups is 1. The van der Waals surface area contributed by atoms with Crippen LogP contribution >= 0.6 is 0 Å². The normalized spacial score (nSPS) is 13.2. The molecule has 1 N–H and O–H groups in total. The van der Waals surface area contributed by atoms with E-state index in [0.717, 1.165) is 22.6 Å². The van der Waals surface area contributed by atoms with Crippen LogP contribution in [-0.4, -0.2) is 17.2 Å². The maximum absolute atomic E-state index is 10.8. The van der Waals surface area contributed by atoms with Gasteiger partial charge in [0.1, 0.15) is 0 Å². The molecule has 0 saturated carbocycles. The molecule has 2 aromatic rings. The van der Waals surface area contributed by atoms with Gasteiger partial charge in [-0.05, 0) is 12.1 Å². The Hall–Kier alpha value is -2.69. The number of fused-ring (bicyclic) bond motifs is 1. The van der Waals surface area contributed by atoms with Gasteiger partial charge in [0.15, 0.2) is 0 Å². The molecule has 19 heavy (non-hydrogen) atoms. The molecule has 0 spiro atoms. The average molecular weight is 253 g/mol. The van der Waals surface area contributed by atoms with Crippen molar-refractivity contribution < 1.29 is 4.92 Å². The van der Waals surface area contributed by atoms with Crippen LogP contribution in [0.15, 0.2) is 53.5 Å². The largest absolute Gasteiger partial charge is 0.378 e. The number of benzene rings is 2. The van der Waals surface area contributed by atoms with Crippen LogP contribution in [0.3, 0.4) is 0 Å². The van der Waals surface area contributed by atoms with Crippen molar-refractivity contribution in [2.75, 3.05) is 11.9 Å². The van der Waals surface area contributed by atoms with Crippen LogP contribution in [0, 0.1) is 10.1 Å². The Balaban J connectivity index is 2.02. The first kappa shape index (κ1) is 11.4. The van der Waals surface area contributed by atoms with Gasteiger partial charge in [0.2, 0.25) is 0 Å². The topological polar surface area (TPSA) is 67.5 Å². The maximum atomic E-state index is 10.8. The van der Waals surface area contributed by atoms with Crippen LogP contribution in [0.5, 0.6) is 0 Å². The number of hydrogen-bond donors (Lipinski definition) is 1. The minimum atomic E-state index is -0.395. The summed E-state index contributed by atoms with van der Waals surface area (Å²) in [5.74, 6) is 0. The predicted octanol–water partition coefficient (Wildman–Crippen LogP) is 3.14. The summed E-state index contributed by atoms with van der Waals surface area (Å²) in [5, 5.41) is 14.0. The van der Waals surface area contributed by atoms with E-state index in [1.165, 1.54) is 6.07 Å². The second kappa shape index (κ2) is 4.53. The first-order chi connectivity index (χ1) is 9.24. The molecule has 0 aliphatic carbocycles. The van der Waals surface area contributed by atoms with E-state index in [0.29, 0.717) is 6.54 Å². The van der Waals surface area contributed by atoms with Crippen LogP contribution in [0.2, 0.25) is 0 Å². The number of nitro benzene ring substituents is 1. The fraction of sp³-hybridized carbons (Fsp3) is 0.0714. The van der Waals surface area contributed by atoms with Crippen LogP contribution in [-0.2, 0) is 0 Å². The molecular formula is C14H11N3O2. The molecule has 1 aliphatic rings. The van der Waals surface area contributed by atoms with E-state index in [2.05, 4.69) is 10.3 Å². The molecule has 0 aromatic heterocycles. The maximum Gasteiger partial charge on any atom is 0.270 e. The van der Waals surface area contributed by atoms with Gasteiger partial charge in [-0.25, -0.2) is 4.99 Å². The number of aliphatic imine (C=N–C) groups is 1. The van der Waals surface area contributed by atoms with Gasteiger partial charge in [-0.2, -0.15) is 0 Å². The summed E-state index contributed by atoms with van der Waals surface area (Å²) >= 11 is 0. The Labute approximate surface area is 109 Å². The van der Waals surface area contributed by atoms with Crippen molar-refractivity contribution in [2.45, 2.75) is 0 Å². The van der Waals surface area contributed by atoms with Crippen LogP contribution in [0.4, 0.5) is 17.1 Å². The standard InChI is InChI=1S/C14H11N3O2/c18-17(19)11-5-3-4-10(8-11)14-9-15-12-6-1-2-7-13(12)16-14/h1-8,15H,9H2. The summed E-state index contributed by atoms with van der Waals surface area (Å²) in [7, 11) is 0. The minimum Gasteiger partial charge on any atom is -0.378 e. The van der Waals surface area contributed by atoms with E-state index in [4.69, 9.17) is 0 Å². The van der Waals surface area contributed by atoms with Gasteiger partial charge < -0.3 is 5.32 Å². The van der Waals surface area contributed by atoms with E-state index >= 15 is 0 Å². The second-order valence-corrected chi connectivity index (χ2v) is 4.24. The van der Waals surface area contributed by atoms with Crippen LogP contribution < -0.4 is 5.32 Å². The molecule has 0 bridgehead atoms. The number of anilines is 1. The number of hydrogen-bond acceptors (Lipinski definition) is 4. The van der Waals surface area contributed by atoms with E-state index in [-0.39, 0.29) is 5.69 Å². The van der Waals surface area contributed by atoms with Gasteiger partial charge in [-0.1, -0.05) is 24.3 Å². The van der Waals surface area contributed by atoms with E-state index in [9.17, 15) is 10.1 Å². The molecule has 1 aliphatic heterocycles. The Morgan fingerprint density at radius 3 is 2.84 bits per heavy atom. The molecule has 0 atom stereocenters. The monoisotopic (exact) mass is 253 g/mol. The van der Waals surface area contributed by atoms with Gasteiger partial charge >= 0.3 is 0 Å². The summed E-state index contributed by atoms with van der Waals surface area (Å²) in [4.78, 5) is 14.9. The highest BCUT2D eigenvalue weighted by atomic mass is 16.6. The molecular weight excluding hydrogens is 242 g/mol.